The van der Waals surface area contributed by atoms with Crippen molar-refractivity contribution in [2.75, 3.05) is 10.8 Å². The Kier molecular flexibility index (Phi) is 11.6. The van der Waals surface area contributed by atoms with Gasteiger partial charge in [-0.2, -0.15) is 0 Å². The molecule has 46 heavy (non-hydrogen) atoms. The molecule has 1 N–H and O–H groups in total. The number of rotatable bonds is 13. The van der Waals surface area contributed by atoms with E-state index in [2.05, 4.69) is 5.32 Å². The Morgan fingerprint density at radius 1 is 0.891 bits per heavy atom. The minimum Gasteiger partial charge on any atom is -0.352 e. The van der Waals surface area contributed by atoms with E-state index in [1.807, 2.05) is 51.1 Å². The molecule has 0 unspecified atom stereocenters. The summed E-state index contributed by atoms with van der Waals surface area (Å²) >= 11 is 6.43. The minimum atomic E-state index is -4.29. The molecule has 0 aliphatic heterocycles. The van der Waals surface area contributed by atoms with Crippen molar-refractivity contribution in [2.45, 2.75) is 64.1 Å². The predicted molar refractivity (Wildman–Crippen MR) is 181 cm³/mol. The van der Waals surface area contributed by atoms with Crippen LogP contribution in [0.2, 0.25) is 5.02 Å². The molecular formula is C36H39ClFN3O4S. The van der Waals surface area contributed by atoms with Gasteiger partial charge in [0.1, 0.15) is 18.4 Å². The molecule has 0 fully saturated rings. The van der Waals surface area contributed by atoms with E-state index in [1.165, 1.54) is 23.1 Å². The Hall–Kier alpha value is -4.21. The molecule has 0 spiro atoms. The van der Waals surface area contributed by atoms with Crippen LogP contribution < -0.4 is 9.62 Å². The Bertz CT molecular complexity index is 1770. The quantitative estimate of drug-likeness (QED) is 0.170. The molecule has 4 aromatic carbocycles. The van der Waals surface area contributed by atoms with Crippen molar-refractivity contribution in [2.24, 2.45) is 0 Å². The highest BCUT2D eigenvalue weighted by Crippen LogP contribution is 2.31. The van der Waals surface area contributed by atoms with Crippen molar-refractivity contribution < 1.29 is 22.4 Å². The summed E-state index contributed by atoms with van der Waals surface area (Å²) in [5.41, 5.74) is 2.53. The van der Waals surface area contributed by atoms with Crippen LogP contribution in [0, 0.1) is 19.7 Å². The highest BCUT2D eigenvalue weighted by molar-refractivity contribution is 7.92. The third kappa shape index (κ3) is 8.33. The number of carbonyl (C=O) groups is 2. The maximum absolute atomic E-state index is 15.1. The molecule has 0 bridgehead atoms. The third-order valence-electron chi connectivity index (χ3n) is 7.97. The Morgan fingerprint density at radius 3 is 2.20 bits per heavy atom. The molecule has 10 heteroatoms. The molecule has 0 aliphatic rings. The fourth-order valence-corrected chi connectivity index (χ4v) is 6.66. The number of hydrogen-bond acceptors (Lipinski definition) is 4. The molecule has 242 valence electrons. The number of amides is 2. The normalized spacial score (nSPS) is 12.7. The van der Waals surface area contributed by atoms with Crippen molar-refractivity contribution >= 4 is 39.1 Å². The summed E-state index contributed by atoms with van der Waals surface area (Å²) in [4.78, 5) is 29.7. The predicted octanol–water partition coefficient (Wildman–Crippen LogP) is 6.85. The molecule has 0 heterocycles. The smallest absolute Gasteiger partial charge is 0.264 e. The monoisotopic (exact) mass is 663 g/mol. The highest BCUT2D eigenvalue weighted by Gasteiger charge is 2.35. The van der Waals surface area contributed by atoms with Crippen molar-refractivity contribution in [3.63, 3.8) is 0 Å². The lowest BCUT2D eigenvalue weighted by molar-refractivity contribution is -0.140. The first-order valence-electron chi connectivity index (χ1n) is 15.1. The molecule has 2 atom stereocenters. The number of sulfonamides is 1. The van der Waals surface area contributed by atoms with Gasteiger partial charge in [0.15, 0.2) is 0 Å². The highest BCUT2D eigenvalue weighted by atomic mass is 35.5. The standard InChI is InChI=1S/C36H39ClFN3O4S/c1-5-26(3)39-36(43)34(22-28-12-7-6-8-13-28)40(23-29-14-9-10-16-32(29)38)35(42)24-41(33-17-11-15-31(37)27(33)4)46(44,45)30-20-18-25(2)19-21-30/h6-21,26,34H,5,22-24H2,1-4H3,(H,39,43)/t26-,34-/m1/s1. The summed E-state index contributed by atoms with van der Waals surface area (Å²) in [5.74, 6) is -1.65. The topological polar surface area (TPSA) is 86.8 Å². The van der Waals surface area contributed by atoms with Crippen LogP contribution in [0.3, 0.4) is 0 Å². The number of halogens is 2. The largest absolute Gasteiger partial charge is 0.352 e. The Balaban J connectivity index is 1.85. The Labute approximate surface area is 276 Å². The van der Waals surface area contributed by atoms with Gasteiger partial charge in [0, 0.05) is 29.6 Å². The van der Waals surface area contributed by atoms with E-state index in [0.29, 0.717) is 17.0 Å². The van der Waals surface area contributed by atoms with Crippen molar-refractivity contribution in [3.05, 3.63) is 130 Å². The van der Waals surface area contributed by atoms with Crippen LogP contribution in [0.4, 0.5) is 10.1 Å². The number of nitrogens with zero attached hydrogens (tertiary/aromatic N) is 2. The van der Waals surface area contributed by atoms with Crippen LogP contribution in [0.5, 0.6) is 0 Å². The number of hydrogen-bond donors (Lipinski definition) is 1. The van der Waals surface area contributed by atoms with Crippen molar-refractivity contribution in [1.82, 2.24) is 10.2 Å². The molecule has 2 amide bonds. The molecule has 4 rings (SSSR count). The summed E-state index contributed by atoms with van der Waals surface area (Å²) in [7, 11) is -4.29. The van der Waals surface area contributed by atoms with E-state index < -0.39 is 40.2 Å². The van der Waals surface area contributed by atoms with E-state index in [0.717, 1.165) is 15.4 Å². The van der Waals surface area contributed by atoms with Crippen LogP contribution in [0.15, 0.2) is 102 Å². The molecule has 0 aliphatic carbocycles. The zero-order chi connectivity index (χ0) is 33.4. The summed E-state index contributed by atoms with van der Waals surface area (Å²) in [6, 6.07) is 25.1. The number of nitrogens with one attached hydrogen (secondary N) is 1. The number of anilines is 1. The van der Waals surface area contributed by atoms with Gasteiger partial charge in [-0.1, -0.05) is 90.8 Å². The first-order chi connectivity index (χ1) is 21.9. The van der Waals surface area contributed by atoms with Crippen molar-refractivity contribution in [3.8, 4) is 0 Å². The van der Waals surface area contributed by atoms with Gasteiger partial charge in [-0.15, -0.1) is 0 Å². The van der Waals surface area contributed by atoms with Gasteiger partial charge in [0.25, 0.3) is 10.0 Å². The summed E-state index contributed by atoms with van der Waals surface area (Å²) in [6.07, 6.45) is 0.784. The van der Waals surface area contributed by atoms with E-state index in [-0.39, 0.29) is 35.2 Å². The van der Waals surface area contributed by atoms with Gasteiger partial charge in [0.05, 0.1) is 10.6 Å². The number of carbonyl (C=O) groups excluding carboxylic acids is 2. The van der Waals surface area contributed by atoms with Gasteiger partial charge in [0.2, 0.25) is 11.8 Å². The Morgan fingerprint density at radius 2 is 1.54 bits per heavy atom. The average molecular weight is 664 g/mol. The van der Waals surface area contributed by atoms with Crippen LogP contribution in [-0.4, -0.2) is 43.8 Å². The van der Waals surface area contributed by atoms with Crippen molar-refractivity contribution in [1.29, 1.82) is 0 Å². The van der Waals surface area contributed by atoms with E-state index >= 15 is 4.39 Å². The lowest BCUT2D eigenvalue weighted by Crippen LogP contribution is -2.54. The van der Waals surface area contributed by atoms with Crippen LogP contribution in [-0.2, 0) is 32.6 Å². The second-order valence-corrected chi connectivity index (χ2v) is 13.6. The fourth-order valence-electron chi connectivity index (χ4n) is 5.02. The van der Waals surface area contributed by atoms with Crippen LogP contribution in [0.1, 0.15) is 42.5 Å². The SMILES string of the molecule is CC[C@@H](C)NC(=O)[C@@H](Cc1ccccc1)N(Cc1ccccc1F)C(=O)CN(c1cccc(Cl)c1C)S(=O)(=O)c1ccc(C)cc1. The molecular weight excluding hydrogens is 625 g/mol. The van der Waals surface area contributed by atoms with Gasteiger partial charge in [-0.05, 0) is 68.7 Å². The molecule has 0 saturated carbocycles. The summed E-state index contributed by atoms with van der Waals surface area (Å²) < 4.78 is 44.6. The second kappa shape index (κ2) is 15.4. The van der Waals surface area contributed by atoms with E-state index in [1.54, 1.807) is 55.5 Å². The number of aryl methyl sites for hydroxylation is 1. The second-order valence-electron chi connectivity index (χ2n) is 11.3. The van der Waals surface area contributed by atoms with Gasteiger partial charge >= 0.3 is 0 Å². The lowest BCUT2D eigenvalue weighted by Gasteiger charge is -2.34. The molecule has 7 nitrogen and oxygen atoms in total. The maximum Gasteiger partial charge on any atom is 0.264 e. The van der Waals surface area contributed by atoms with E-state index in [4.69, 9.17) is 11.6 Å². The summed E-state index contributed by atoms with van der Waals surface area (Å²) in [6.45, 7) is 6.39. The zero-order valence-corrected chi connectivity index (χ0v) is 28.0. The third-order valence-corrected chi connectivity index (χ3v) is 10.1. The maximum atomic E-state index is 15.1. The van der Waals surface area contributed by atoms with Gasteiger partial charge in [-0.3, -0.25) is 13.9 Å². The molecule has 0 saturated heterocycles. The van der Waals surface area contributed by atoms with Crippen LogP contribution in [0.25, 0.3) is 0 Å². The molecule has 4 aromatic rings. The first kappa shape index (κ1) is 34.7. The lowest BCUT2D eigenvalue weighted by atomic mass is 10.0. The zero-order valence-electron chi connectivity index (χ0n) is 26.4. The summed E-state index contributed by atoms with van der Waals surface area (Å²) in [5, 5.41) is 3.30. The number of benzene rings is 4. The van der Waals surface area contributed by atoms with Crippen LogP contribution >= 0.6 is 11.6 Å². The molecule has 0 aromatic heterocycles. The molecule has 0 radical (unpaired) electrons. The first-order valence-corrected chi connectivity index (χ1v) is 17.0. The average Bonchev–Trinajstić information content (AvgIpc) is 3.04. The van der Waals surface area contributed by atoms with Gasteiger partial charge in [-0.25, -0.2) is 12.8 Å². The minimum absolute atomic E-state index is 0.0127. The van der Waals surface area contributed by atoms with E-state index in [9.17, 15) is 18.0 Å². The fraction of sp³-hybridized carbons (Fsp3) is 0.278. The van der Waals surface area contributed by atoms with Gasteiger partial charge < -0.3 is 10.2 Å².